The molecule has 0 spiro atoms. The van der Waals surface area contributed by atoms with Gasteiger partial charge in [-0.15, -0.1) is 0 Å². The third-order valence-corrected chi connectivity index (χ3v) is 3.46. The van der Waals surface area contributed by atoms with E-state index < -0.39 is 0 Å². The van der Waals surface area contributed by atoms with Crippen LogP contribution in [-0.4, -0.2) is 14.5 Å². The van der Waals surface area contributed by atoms with Crippen LogP contribution in [0.4, 0.5) is 0 Å². The van der Waals surface area contributed by atoms with Crippen molar-refractivity contribution < 1.29 is 5.11 Å². The van der Waals surface area contributed by atoms with Crippen molar-refractivity contribution in [3.05, 3.63) is 54.9 Å². The molecule has 3 nitrogen and oxygen atoms in total. The molecule has 3 rings (SSSR count). The van der Waals surface area contributed by atoms with Crippen LogP contribution >= 0.6 is 11.8 Å². The van der Waals surface area contributed by atoms with E-state index in [4.69, 9.17) is 0 Å². The lowest BCUT2D eigenvalue weighted by molar-refractivity contribution is 0.474. The zero-order valence-electron chi connectivity index (χ0n) is 8.95. The lowest BCUT2D eigenvalue weighted by Crippen LogP contribution is -1.87. The zero-order valence-corrected chi connectivity index (χ0v) is 9.76. The van der Waals surface area contributed by atoms with Crippen LogP contribution < -0.4 is 0 Å². The summed E-state index contributed by atoms with van der Waals surface area (Å²) < 4.78 is 2.02. The number of hydrogen-bond donors (Lipinski definition) is 1. The average Bonchev–Trinajstić information content (AvgIpc) is 2.78. The fourth-order valence-electron chi connectivity index (χ4n) is 1.67. The molecule has 1 N–H and O–H groups in total. The van der Waals surface area contributed by atoms with Crippen molar-refractivity contribution in [2.24, 2.45) is 0 Å². The van der Waals surface area contributed by atoms with Crippen LogP contribution in [0.2, 0.25) is 0 Å². The number of pyridine rings is 1. The second kappa shape index (κ2) is 4.14. The molecular formula is C13H10N2OS. The van der Waals surface area contributed by atoms with Crippen LogP contribution in [0.3, 0.4) is 0 Å². The molecule has 2 aromatic heterocycles. The summed E-state index contributed by atoms with van der Waals surface area (Å²) in [6.07, 6.45) is 3.71. The largest absolute Gasteiger partial charge is 0.508 e. The van der Waals surface area contributed by atoms with E-state index in [0.717, 1.165) is 15.6 Å². The second-order valence-electron chi connectivity index (χ2n) is 3.62. The van der Waals surface area contributed by atoms with Crippen LogP contribution in [-0.2, 0) is 0 Å². The molecule has 0 unspecified atom stereocenters. The van der Waals surface area contributed by atoms with Gasteiger partial charge in [0.25, 0.3) is 0 Å². The molecule has 1 aromatic carbocycles. The van der Waals surface area contributed by atoms with Crippen LogP contribution in [0.1, 0.15) is 0 Å². The van der Waals surface area contributed by atoms with Gasteiger partial charge in [0.15, 0.2) is 0 Å². The number of imidazole rings is 1. The van der Waals surface area contributed by atoms with E-state index in [1.54, 1.807) is 30.1 Å². The van der Waals surface area contributed by atoms with Gasteiger partial charge in [-0.05, 0) is 30.3 Å². The molecule has 17 heavy (non-hydrogen) atoms. The number of fused-ring (bicyclic) bond motifs is 1. The first-order chi connectivity index (χ1) is 8.33. The second-order valence-corrected chi connectivity index (χ2v) is 4.71. The number of aromatic hydroxyl groups is 1. The van der Waals surface area contributed by atoms with Crippen molar-refractivity contribution in [1.82, 2.24) is 9.38 Å². The summed E-state index contributed by atoms with van der Waals surface area (Å²) in [5.41, 5.74) is 0.926. The predicted molar refractivity (Wildman–Crippen MR) is 67.4 cm³/mol. The van der Waals surface area contributed by atoms with Crippen LogP contribution in [0.15, 0.2) is 64.8 Å². The molecule has 0 saturated carbocycles. The molecule has 0 bridgehead atoms. The Hall–Kier alpha value is -1.94. The zero-order chi connectivity index (χ0) is 11.7. The monoisotopic (exact) mass is 242 g/mol. The van der Waals surface area contributed by atoms with Gasteiger partial charge < -0.3 is 5.11 Å². The highest BCUT2D eigenvalue weighted by Crippen LogP contribution is 2.29. The maximum Gasteiger partial charge on any atom is 0.137 e. The summed E-state index contributed by atoms with van der Waals surface area (Å²) in [5, 5.41) is 10.5. The molecule has 3 aromatic rings. The number of aromatic nitrogens is 2. The van der Waals surface area contributed by atoms with Crippen LogP contribution in [0.25, 0.3) is 5.65 Å². The molecule has 2 heterocycles. The van der Waals surface area contributed by atoms with E-state index in [2.05, 4.69) is 4.98 Å². The maximum absolute atomic E-state index is 9.43. The molecule has 0 amide bonds. The summed E-state index contributed by atoms with van der Waals surface area (Å²) in [6.45, 7) is 0. The summed E-state index contributed by atoms with van der Waals surface area (Å²) in [7, 11) is 0. The van der Waals surface area contributed by atoms with E-state index in [-0.39, 0.29) is 5.75 Å². The number of nitrogens with zero attached hydrogens (tertiary/aromatic N) is 2. The third-order valence-electron chi connectivity index (χ3n) is 2.43. The number of rotatable bonds is 2. The van der Waals surface area contributed by atoms with Crippen molar-refractivity contribution >= 4 is 17.4 Å². The Kier molecular flexibility index (Phi) is 2.49. The summed E-state index contributed by atoms with van der Waals surface area (Å²) in [5.74, 6) is 0.285. The van der Waals surface area contributed by atoms with Crippen molar-refractivity contribution in [2.75, 3.05) is 0 Å². The van der Waals surface area contributed by atoms with Crippen molar-refractivity contribution in [2.45, 2.75) is 9.92 Å². The maximum atomic E-state index is 9.43. The minimum absolute atomic E-state index is 0.285. The molecule has 0 fully saturated rings. The van der Waals surface area contributed by atoms with Gasteiger partial charge >= 0.3 is 0 Å². The number of phenols is 1. The average molecular weight is 242 g/mol. The quantitative estimate of drug-likeness (QED) is 0.750. The summed E-state index contributed by atoms with van der Waals surface area (Å²) in [4.78, 5) is 5.24. The van der Waals surface area contributed by atoms with Gasteiger partial charge in [0.05, 0.1) is 5.03 Å². The third kappa shape index (κ3) is 1.99. The first-order valence-corrected chi connectivity index (χ1v) is 6.03. The molecule has 0 aliphatic rings. The van der Waals surface area contributed by atoms with Gasteiger partial charge in [0.2, 0.25) is 0 Å². The fraction of sp³-hybridized carbons (Fsp3) is 0. The standard InChI is InChI=1S/C13H10N2OS/c16-10-3-1-4-11(9-10)17-13-6-2-5-12-14-7-8-15(12)13/h1-9,16H. The van der Waals surface area contributed by atoms with Crippen molar-refractivity contribution in [3.8, 4) is 5.75 Å². The lowest BCUT2D eigenvalue weighted by atomic mass is 10.3. The van der Waals surface area contributed by atoms with E-state index in [9.17, 15) is 5.11 Å². The van der Waals surface area contributed by atoms with Gasteiger partial charge in [-0.2, -0.15) is 0 Å². The predicted octanol–water partition coefficient (Wildman–Crippen LogP) is 3.19. The summed E-state index contributed by atoms with van der Waals surface area (Å²) >= 11 is 1.60. The summed E-state index contributed by atoms with van der Waals surface area (Å²) in [6, 6.07) is 13.2. The van der Waals surface area contributed by atoms with E-state index in [1.165, 1.54) is 0 Å². The number of hydrogen-bond acceptors (Lipinski definition) is 3. The highest BCUT2D eigenvalue weighted by atomic mass is 32.2. The molecule has 4 heteroatoms. The Morgan fingerprint density at radius 3 is 2.88 bits per heavy atom. The Balaban J connectivity index is 2.02. The molecule has 0 atom stereocenters. The van der Waals surface area contributed by atoms with Crippen LogP contribution in [0.5, 0.6) is 5.75 Å². The smallest absolute Gasteiger partial charge is 0.137 e. The molecular weight excluding hydrogens is 232 g/mol. The van der Waals surface area contributed by atoms with E-state index in [1.807, 2.05) is 40.9 Å². The topological polar surface area (TPSA) is 37.5 Å². The van der Waals surface area contributed by atoms with Gasteiger partial charge in [-0.1, -0.05) is 23.9 Å². The highest BCUT2D eigenvalue weighted by molar-refractivity contribution is 7.99. The number of phenolic OH excluding ortho intramolecular Hbond substituents is 1. The van der Waals surface area contributed by atoms with Gasteiger partial charge in [-0.25, -0.2) is 4.98 Å². The minimum atomic E-state index is 0.285. The first-order valence-electron chi connectivity index (χ1n) is 5.22. The van der Waals surface area contributed by atoms with E-state index >= 15 is 0 Å². The Morgan fingerprint density at radius 2 is 2.00 bits per heavy atom. The van der Waals surface area contributed by atoms with Crippen molar-refractivity contribution in [1.29, 1.82) is 0 Å². The molecule has 0 aliphatic heterocycles. The molecule has 0 radical (unpaired) electrons. The number of benzene rings is 1. The first kappa shape index (κ1) is 10.2. The SMILES string of the molecule is Oc1cccc(Sc2cccc3nccn23)c1. The molecule has 84 valence electrons. The lowest BCUT2D eigenvalue weighted by Gasteiger charge is -2.05. The Labute approximate surface area is 103 Å². The minimum Gasteiger partial charge on any atom is -0.508 e. The van der Waals surface area contributed by atoms with E-state index in [0.29, 0.717) is 0 Å². The normalized spacial score (nSPS) is 10.8. The highest BCUT2D eigenvalue weighted by Gasteiger charge is 2.03. The van der Waals surface area contributed by atoms with Gasteiger partial charge in [0.1, 0.15) is 11.4 Å². The Bertz CT molecular complexity index is 663. The van der Waals surface area contributed by atoms with Gasteiger partial charge in [0, 0.05) is 17.3 Å². The fourth-order valence-corrected chi connectivity index (χ4v) is 2.64. The van der Waals surface area contributed by atoms with Gasteiger partial charge in [-0.3, -0.25) is 4.40 Å². The van der Waals surface area contributed by atoms with Crippen molar-refractivity contribution in [3.63, 3.8) is 0 Å². The Morgan fingerprint density at radius 1 is 1.12 bits per heavy atom. The molecule has 0 aliphatic carbocycles. The molecule has 0 saturated heterocycles. The van der Waals surface area contributed by atoms with Crippen LogP contribution in [0, 0.1) is 0 Å².